The van der Waals surface area contributed by atoms with Crippen molar-refractivity contribution in [3.63, 3.8) is 0 Å². The van der Waals surface area contributed by atoms with Crippen molar-refractivity contribution in [2.24, 2.45) is 0 Å². The standard InChI is InChI=1S/C18H19N9O2/c1-11-12(2)22-18-19-10-21-27(18)17(11)23-13-8-29-9-14(13)26-16(28)5-4-15(24-26)25-7-3-6-20-25/h3-7,10,13-14,23H,8-9H2,1-2H3. The molecule has 0 amide bonds. The number of nitrogens with one attached hydrogen (secondary N) is 1. The molecule has 2 atom stereocenters. The normalized spacial score (nSPS) is 19.1. The van der Waals surface area contributed by atoms with Crippen LogP contribution in [-0.2, 0) is 4.74 Å². The molecular weight excluding hydrogens is 374 g/mol. The molecule has 148 valence electrons. The fourth-order valence-electron chi connectivity index (χ4n) is 3.48. The molecule has 11 nitrogen and oxygen atoms in total. The molecule has 0 spiro atoms. The minimum Gasteiger partial charge on any atom is -0.377 e. The molecular formula is C18H19N9O2. The van der Waals surface area contributed by atoms with Crippen molar-refractivity contribution < 1.29 is 4.74 Å². The smallest absolute Gasteiger partial charge is 0.267 e. The van der Waals surface area contributed by atoms with E-state index in [-0.39, 0.29) is 17.6 Å². The van der Waals surface area contributed by atoms with Crippen LogP contribution in [0.3, 0.4) is 0 Å². The highest BCUT2D eigenvalue weighted by Crippen LogP contribution is 2.25. The number of hydrogen-bond donors (Lipinski definition) is 1. The molecule has 5 heterocycles. The maximum atomic E-state index is 12.6. The van der Waals surface area contributed by atoms with Gasteiger partial charge < -0.3 is 10.1 Å². The maximum absolute atomic E-state index is 12.6. The number of aromatic nitrogens is 8. The lowest BCUT2D eigenvalue weighted by atomic mass is 10.1. The highest BCUT2D eigenvalue weighted by molar-refractivity contribution is 5.52. The Kier molecular flexibility index (Phi) is 4.09. The number of fused-ring (bicyclic) bond motifs is 1. The number of rotatable bonds is 4. The van der Waals surface area contributed by atoms with Gasteiger partial charge >= 0.3 is 0 Å². The van der Waals surface area contributed by atoms with Crippen LogP contribution in [0.2, 0.25) is 0 Å². The number of hydrogen-bond acceptors (Lipinski definition) is 8. The lowest BCUT2D eigenvalue weighted by Crippen LogP contribution is -2.38. The Morgan fingerprint density at radius 3 is 2.93 bits per heavy atom. The summed E-state index contributed by atoms with van der Waals surface area (Å²) in [6.45, 7) is 4.70. The fraction of sp³-hybridized carbons (Fsp3) is 0.333. The van der Waals surface area contributed by atoms with Gasteiger partial charge in [-0.15, -0.1) is 5.10 Å². The van der Waals surface area contributed by atoms with Gasteiger partial charge in [-0.1, -0.05) is 0 Å². The van der Waals surface area contributed by atoms with Gasteiger partial charge in [-0.05, 0) is 26.0 Å². The lowest BCUT2D eigenvalue weighted by molar-refractivity contribution is 0.182. The van der Waals surface area contributed by atoms with Gasteiger partial charge in [-0.25, -0.2) is 14.3 Å². The van der Waals surface area contributed by atoms with Gasteiger partial charge in [0.1, 0.15) is 18.2 Å². The Bertz CT molecular complexity index is 1230. The summed E-state index contributed by atoms with van der Waals surface area (Å²) in [4.78, 5) is 21.2. The first kappa shape index (κ1) is 17.5. The second-order valence-electron chi connectivity index (χ2n) is 6.92. The molecule has 1 fully saturated rings. The van der Waals surface area contributed by atoms with Crippen LogP contribution in [-0.4, -0.2) is 58.4 Å². The maximum Gasteiger partial charge on any atom is 0.267 e. The predicted molar refractivity (Wildman–Crippen MR) is 103 cm³/mol. The van der Waals surface area contributed by atoms with Gasteiger partial charge in [0.2, 0.25) is 0 Å². The molecule has 4 aromatic heterocycles. The Labute approximate surface area is 165 Å². The molecule has 1 saturated heterocycles. The zero-order valence-corrected chi connectivity index (χ0v) is 15.9. The zero-order chi connectivity index (χ0) is 20.0. The summed E-state index contributed by atoms with van der Waals surface area (Å²) in [7, 11) is 0. The van der Waals surface area contributed by atoms with Crippen LogP contribution >= 0.6 is 0 Å². The van der Waals surface area contributed by atoms with Gasteiger partial charge in [-0.3, -0.25) is 4.79 Å². The second kappa shape index (κ2) is 6.78. The number of nitrogens with zero attached hydrogens (tertiary/aromatic N) is 8. The zero-order valence-electron chi connectivity index (χ0n) is 15.9. The van der Waals surface area contributed by atoms with Gasteiger partial charge in [0.05, 0.1) is 19.3 Å². The Morgan fingerprint density at radius 1 is 1.21 bits per heavy atom. The van der Waals surface area contributed by atoms with E-state index in [4.69, 9.17) is 4.74 Å². The molecule has 1 aliphatic heterocycles. The molecule has 0 bridgehead atoms. The van der Waals surface area contributed by atoms with Gasteiger partial charge in [0.25, 0.3) is 11.3 Å². The van der Waals surface area contributed by atoms with E-state index in [0.29, 0.717) is 24.8 Å². The Morgan fingerprint density at radius 2 is 2.10 bits per heavy atom. The number of aryl methyl sites for hydroxylation is 1. The van der Waals surface area contributed by atoms with Crippen molar-refractivity contribution >= 4 is 11.6 Å². The first-order valence-electron chi connectivity index (χ1n) is 9.23. The molecule has 0 radical (unpaired) electrons. The summed E-state index contributed by atoms with van der Waals surface area (Å²) >= 11 is 0. The number of anilines is 1. The van der Waals surface area contributed by atoms with E-state index in [1.54, 1.807) is 33.7 Å². The molecule has 0 saturated carbocycles. The average Bonchev–Trinajstić information content (AvgIpc) is 3.47. The van der Waals surface area contributed by atoms with Crippen molar-refractivity contribution in [3.8, 4) is 5.82 Å². The highest BCUT2D eigenvalue weighted by Gasteiger charge is 2.33. The van der Waals surface area contributed by atoms with Crippen LogP contribution < -0.4 is 10.9 Å². The predicted octanol–water partition coefficient (Wildman–Crippen LogP) is 0.536. The quantitative estimate of drug-likeness (QED) is 0.534. The van der Waals surface area contributed by atoms with Crippen molar-refractivity contribution in [2.45, 2.75) is 25.9 Å². The molecule has 2 unspecified atom stereocenters. The highest BCUT2D eigenvalue weighted by atomic mass is 16.5. The van der Waals surface area contributed by atoms with Crippen LogP contribution in [0.25, 0.3) is 11.6 Å². The summed E-state index contributed by atoms with van der Waals surface area (Å²) < 4.78 is 10.4. The van der Waals surface area contributed by atoms with Gasteiger partial charge in [-0.2, -0.15) is 19.7 Å². The van der Waals surface area contributed by atoms with Crippen LogP contribution in [0.5, 0.6) is 0 Å². The fourth-order valence-corrected chi connectivity index (χ4v) is 3.48. The summed E-state index contributed by atoms with van der Waals surface area (Å²) in [6.07, 6.45) is 4.91. The third-order valence-corrected chi connectivity index (χ3v) is 5.14. The summed E-state index contributed by atoms with van der Waals surface area (Å²) in [5.74, 6) is 1.86. The summed E-state index contributed by atoms with van der Waals surface area (Å²) in [5, 5.41) is 16.5. The third-order valence-electron chi connectivity index (χ3n) is 5.14. The first-order chi connectivity index (χ1) is 14.1. The molecule has 29 heavy (non-hydrogen) atoms. The van der Waals surface area contributed by atoms with E-state index >= 15 is 0 Å². The van der Waals surface area contributed by atoms with Crippen LogP contribution in [0.4, 0.5) is 5.82 Å². The average molecular weight is 393 g/mol. The van der Waals surface area contributed by atoms with E-state index < -0.39 is 0 Å². The molecule has 4 aromatic rings. The van der Waals surface area contributed by atoms with E-state index in [9.17, 15) is 4.79 Å². The minimum atomic E-state index is -0.288. The first-order valence-corrected chi connectivity index (χ1v) is 9.23. The van der Waals surface area contributed by atoms with E-state index in [2.05, 4.69) is 30.6 Å². The van der Waals surface area contributed by atoms with E-state index in [1.165, 1.54) is 17.1 Å². The van der Waals surface area contributed by atoms with Crippen molar-refractivity contribution in [1.82, 2.24) is 39.1 Å². The monoisotopic (exact) mass is 393 g/mol. The number of ether oxygens (including phenoxy) is 1. The largest absolute Gasteiger partial charge is 0.377 e. The topological polar surface area (TPSA) is 117 Å². The Hall–Kier alpha value is -3.60. The van der Waals surface area contributed by atoms with Crippen LogP contribution in [0, 0.1) is 13.8 Å². The summed E-state index contributed by atoms with van der Waals surface area (Å²) in [6, 6.07) is 4.49. The molecule has 1 N–H and O–H groups in total. The van der Waals surface area contributed by atoms with Crippen molar-refractivity contribution in [2.75, 3.05) is 18.5 Å². The van der Waals surface area contributed by atoms with Crippen molar-refractivity contribution in [1.29, 1.82) is 0 Å². The molecule has 0 aromatic carbocycles. The third kappa shape index (κ3) is 2.95. The minimum absolute atomic E-state index is 0.180. The molecule has 11 heteroatoms. The van der Waals surface area contributed by atoms with E-state index in [1.807, 2.05) is 13.8 Å². The van der Waals surface area contributed by atoms with Crippen molar-refractivity contribution in [3.05, 3.63) is 58.5 Å². The Balaban J connectivity index is 1.52. The van der Waals surface area contributed by atoms with Crippen LogP contribution in [0.1, 0.15) is 17.3 Å². The van der Waals surface area contributed by atoms with Crippen LogP contribution in [0.15, 0.2) is 41.7 Å². The molecule has 0 aliphatic carbocycles. The second-order valence-corrected chi connectivity index (χ2v) is 6.92. The molecule has 5 rings (SSSR count). The molecule has 1 aliphatic rings. The van der Waals surface area contributed by atoms with E-state index in [0.717, 1.165) is 17.1 Å². The van der Waals surface area contributed by atoms with Gasteiger partial charge in [0.15, 0.2) is 5.82 Å². The van der Waals surface area contributed by atoms with Gasteiger partial charge in [0, 0.05) is 29.7 Å². The SMILES string of the molecule is Cc1nc2ncnn2c(NC2COCC2n2nc(-n3cccn3)ccc2=O)c1C. The summed E-state index contributed by atoms with van der Waals surface area (Å²) in [5.41, 5.74) is 1.62. The lowest BCUT2D eigenvalue weighted by Gasteiger charge is -2.23.